The number of aryl methyl sites for hydroxylation is 1. The summed E-state index contributed by atoms with van der Waals surface area (Å²) in [5.74, 6) is 0.802. The molecule has 0 aromatic carbocycles. The molecular weight excluding hydrogens is 222 g/mol. The number of pyridine rings is 1. The van der Waals surface area contributed by atoms with E-state index in [2.05, 4.69) is 42.0 Å². The van der Waals surface area contributed by atoms with Crippen LogP contribution in [0.1, 0.15) is 31.5 Å². The molecule has 0 radical (unpaired) electrons. The van der Waals surface area contributed by atoms with Crippen LogP contribution in [-0.2, 0) is 6.54 Å². The Labute approximate surface area is 111 Å². The molecule has 0 spiro atoms. The maximum Gasteiger partial charge on any atom is 0.0570 e. The number of nitrogens with one attached hydrogen (secondary N) is 1. The highest BCUT2D eigenvalue weighted by molar-refractivity contribution is 5.17. The van der Waals surface area contributed by atoms with Crippen LogP contribution in [0.25, 0.3) is 0 Å². The lowest BCUT2D eigenvalue weighted by Crippen LogP contribution is -2.30. The monoisotopic (exact) mass is 247 g/mol. The first-order valence-electron chi connectivity index (χ1n) is 7.02. The van der Waals surface area contributed by atoms with Gasteiger partial charge in [-0.25, -0.2) is 0 Å². The second-order valence-corrected chi connectivity index (χ2v) is 5.64. The second kappa shape index (κ2) is 6.30. The molecule has 0 bridgehead atoms. The van der Waals surface area contributed by atoms with Crippen molar-refractivity contribution in [3.05, 3.63) is 29.6 Å². The molecule has 1 atom stereocenters. The first-order valence-corrected chi connectivity index (χ1v) is 7.02. The molecular formula is C15H25N3. The summed E-state index contributed by atoms with van der Waals surface area (Å²) in [5, 5.41) is 3.55. The van der Waals surface area contributed by atoms with E-state index in [0.29, 0.717) is 6.04 Å². The predicted molar refractivity (Wildman–Crippen MR) is 75.5 cm³/mol. The second-order valence-electron chi connectivity index (χ2n) is 5.64. The topological polar surface area (TPSA) is 28.2 Å². The van der Waals surface area contributed by atoms with Gasteiger partial charge in [0.15, 0.2) is 0 Å². The van der Waals surface area contributed by atoms with Crippen LogP contribution in [0.15, 0.2) is 18.3 Å². The Bertz CT molecular complexity index is 376. The minimum Gasteiger partial charge on any atom is -0.311 e. The van der Waals surface area contributed by atoms with E-state index in [0.717, 1.165) is 19.0 Å². The molecule has 1 aromatic rings. The van der Waals surface area contributed by atoms with E-state index < -0.39 is 0 Å². The Morgan fingerprint density at radius 3 is 3.00 bits per heavy atom. The fourth-order valence-electron chi connectivity index (χ4n) is 2.60. The summed E-state index contributed by atoms with van der Waals surface area (Å²) < 4.78 is 0. The fourth-order valence-corrected chi connectivity index (χ4v) is 2.60. The van der Waals surface area contributed by atoms with Crippen molar-refractivity contribution in [3.8, 4) is 0 Å². The fraction of sp³-hybridized carbons (Fsp3) is 0.667. The maximum atomic E-state index is 4.41. The summed E-state index contributed by atoms with van der Waals surface area (Å²) in [5.41, 5.74) is 2.46. The van der Waals surface area contributed by atoms with E-state index in [9.17, 15) is 0 Å². The van der Waals surface area contributed by atoms with Gasteiger partial charge in [0.25, 0.3) is 0 Å². The molecule has 1 unspecified atom stereocenters. The van der Waals surface area contributed by atoms with E-state index in [1.165, 1.54) is 30.8 Å². The molecule has 0 aliphatic carbocycles. The third kappa shape index (κ3) is 3.53. The molecule has 3 nitrogen and oxygen atoms in total. The number of likely N-dealkylation sites (tertiary alicyclic amines) is 1. The van der Waals surface area contributed by atoms with Crippen LogP contribution in [0.4, 0.5) is 0 Å². The minimum atomic E-state index is 0.688. The Hall–Kier alpha value is -0.930. The van der Waals surface area contributed by atoms with Crippen LogP contribution in [0.2, 0.25) is 0 Å². The van der Waals surface area contributed by atoms with E-state index in [-0.39, 0.29) is 0 Å². The lowest BCUT2D eigenvalue weighted by atomic mass is 10.1. The van der Waals surface area contributed by atoms with Crippen molar-refractivity contribution in [3.63, 3.8) is 0 Å². The van der Waals surface area contributed by atoms with Crippen LogP contribution in [0.5, 0.6) is 0 Å². The smallest absolute Gasteiger partial charge is 0.0570 e. The molecule has 1 saturated heterocycles. The number of rotatable bonds is 5. The number of aromatic nitrogens is 1. The van der Waals surface area contributed by atoms with Gasteiger partial charge in [-0.15, -0.1) is 0 Å². The van der Waals surface area contributed by atoms with Crippen LogP contribution in [-0.4, -0.2) is 35.6 Å². The Balaban J connectivity index is 1.72. The lowest BCUT2D eigenvalue weighted by molar-refractivity contribution is 0.264. The van der Waals surface area contributed by atoms with Crippen LogP contribution < -0.4 is 5.32 Å². The summed E-state index contributed by atoms with van der Waals surface area (Å²) in [6.07, 6.45) is 3.20. The quantitative estimate of drug-likeness (QED) is 0.864. The molecule has 1 N–H and O–H groups in total. The van der Waals surface area contributed by atoms with Gasteiger partial charge in [0.2, 0.25) is 0 Å². The normalized spacial score (nSPS) is 20.8. The minimum absolute atomic E-state index is 0.688. The Morgan fingerprint density at radius 1 is 1.50 bits per heavy atom. The molecule has 1 aromatic heterocycles. The van der Waals surface area contributed by atoms with Crippen molar-refractivity contribution in [1.82, 2.24) is 15.2 Å². The summed E-state index contributed by atoms with van der Waals surface area (Å²) >= 11 is 0. The van der Waals surface area contributed by atoms with Gasteiger partial charge in [0, 0.05) is 25.3 Å². The molecule has 3 heteroatoms. The van der Waals surface area contributed by atoms with Crippen LogP contribution >= 0.6 is 0 Å². The lowest BCUT2D eigenvalue weighted by Gasteiger charge is -2.20. The molecule has 1 aliphatic heterocycles. The molecule has 2 heterocycles. The first-order chi connectivity index (χ1) is 8.66. The highest BCUT2D eigenvalue weighted by Gasteiger charge is 2.23. The zero-order valence-corrected chi connectivity index (χ0v) is 11.8. The third-order valence-electron chi connectivity index (χ3n) is 3.89. The molecule has 18 heavy (non-hydrogen) atoms. The predicted octanol–water partition coefficient (Wildman–Crippen LogP) is 2.21. The maximum absolute atomic E-state index is 4.41. The molecule has 0 saturated carbocycles. The molecule has 2 rings (SSSR count). The largest absolute Gasteiger partial charge is 0.311 e. The summed E-state index contributed by atoms with van der Waals surface area (Å²) in [7, 11) is 0. The zero-order valence-electron chi connectivity index (χ0n) is 11.8. The Morgan fingerprint density at radius 2 is 2.33 bits per heavy atom. The summed E-state index contributed by atoms with van der Waals surface area (Å²) in [6.45, 7) is 11.2. The highest BCUT2D eigenvalue weighted by Crippen LogP contribution is 2.17. The van der Waals surface area contributed by atoms with Gasteiger partial charge in [-0.05, 0) is 57.8 Å². The van der Waals surface area contributed by atoms with Crippen molar-refractivity contribution in [1.29, 1.82) is 0 Å². The average molecular weight is 247 g/mol. The first kappa shape index (κ1) is 13.5. The summed E-state index contributed by atoms with van der Waals surface area (Å²) in [4.78, 5) is 6.98. The van der Waals surface area contributed by atoms with Gasteiger partial charge in [0.05, 0.1) is 5.69 Å². The number of hydrogen-bond donors (Lipinski definition) is 1. The SMILES string of the molecule is Cc1cccnc1CNCC1CCN(C(C)C)C1. The van der Waals surface area contributed by atoms with E-state index >= 15 is 0 Å². The summed E-state index contributed by atoms with van der Waals surface area (Å²) in [6, 6.07) is 4.81. The van der Waals surface area contributed by atoms with E-state index in [1.807, 2.05) is 12.3 Å². The van der Waals surface area contributed by atoms with Gasteiger partial charge < -0.3 is 10.2 Å². The van der Waals surface area contributed by atoms with Gasteiger partial charge in [-0.1, -0.05) is 6.07 Å². The van der Waals surface area contributed by atoms with Gasteiger partial charge in [0.1, 0.15) is 0 Å². The number of nitrogens with zero attached hydrogens (tertiary/aromatic N) is 2. The van der Waals surface area contributed by atoms with Crippen LogP contribution in [0, 0.1) is 12.8 Å². The Kier molecular flexibility index (Phi) is 4.72. The van der Waals surface area contributed by atoms with Gasteiger partial charge >= 0.3 is 0 Å². The molecule has 1 fully saturated rings. The van der Waals surface area contributed by atoms with Crippen LogP contribution in [0.3, 0.4) is 0 Å². The molecule has 100 valence electrons. The zero-order chi connectivity index (χ0) is 13.0. The molecule has 0 amide bonds. The van der Waals surface area contributed by atoms with Crippen molar-refractivity contribution in [2.24, 2.45) is 5.92 Å². The standard InChI is InChI=1S/C15H25N3/c1-12(2)18-8-6-14(11-18)9-16-10-15-13(3)5-4-7-17-15/h4-5,7,12,14,16H,6,8-11H2,1-3H3. The van der Waals surface area contributed by atoms with Crippen molar-refractivity contribution in [2.45, 2.75) is 39.8 Å². The third-order valence-corrected chi connectivity index (χ3v) is 3.89. The van der Waals surface area contributed by atoms with E-state index in [1.54, 1.807) is 0 Å². The van der Waals surface area contributed by atoms with Crippen molar-refractivity contribution < 1.29 is 0 Å². The van der Waals surface area contributed by atoms with E-state index in [4.69, 9.17) is 0 Å². The van der Waals surface area contributed by atoms with Gasteiger partial charge in [-0.3, -0.25) is 4.98 Å². The van der Waals surface area contributed by atoms with Crippen molar-refractivity contribution >= 4 is 0 Å². The number of hydrogen-bond acceptors (Lipinski definition) is 3. The molecule has 1 aliphatic rings. The highest BCUT2D eigenvalue weighted by atomic mass is 15.2. The van der Waals surface area contributed by atoms with Crippen molar-refractivity contribution in [2.75, 3.05) is 19.6 Å². The van der Waals surface area contributed by atoms with Gasteiger partial charge in [-0.2, -0.15) is 0 Å². The average Bonchev–Trinajstić information content (AvgIpc) is 2.80.